The first-order valence-corrected chi connectivity index (χ1v) is 18.6. The fourth-order valence-electron chi connectivity index (χ4n) is 7.85. The zero-order valence-corrected chi connectivity index (χ0v) is 30.1. The molecule has 0 radical (unpaired) electrons. The molecule has 4 aromatic heterocycles. The zero-order valence-electron chi connectivity index (χ0n) is 30.1. The van der Waals surface area contributed by atoms with Crippen LogP contribution in [0.25, 0.3) is 111 Å². The number of benzene rings is 7. The highest BCUT2D eigenvalue weighted by atomic mass is 16.3. The lowest BCUT2D eigenvalue weighted by Gasteiger charge is -2.14. The Morgan fingerprint density at radius 3 is 1.50 bits per heavy atom. The van der Waals surface area contributed by atoms with Crippen molar-refractivity contribution < 1.29 is 8.83 Å². The van der Waals surface area contributed by atoms with Crippen LogP contribution in [0.2, 0.25) is 0 Å². The summed E-state index contributed by atoms with van der Waals surface area (Å²) in [5.74, 6) is 0.625. The van der Waals surface area contributed by atoms with Crippen molar-refractivity contribution in [2.45, 2.75) is 0 Å². The van der Waals surface area contributed by atoms with Gasteiger partial charge in [-0.25, -0.2) is 9.97 Å². The van der Waals surface area contributed by atoms with E-state index in [2.05, 4.69) is 120 Å². The van der Waals surface area contributed by atoms with Crippen LogP contribution in [-0.2, 0) is 0 Å². The van der Waals surface area contributed by atoms with E-state index in [0.717, 1.165) is 105 Å². The van der Waals surface area contributed by atoms with Crippen molar-refractivity contribution in [2.24, 2.45) is 0 Å². The van der Waals surface area contributed by atoms with E-state index in [1.54, 1.807) is 6.20 Å². The van der Waals surface area contributed by atoms with E-state index >= 15 is 0 Å². The average Bonchev–Trinajstić information content (AvgIpc) is 3.84. The van der Waals surface area contributed by atoms with Gasteiger partial charge in [0.15, 0.2) is 5.82 Å². The van der Waals surface area contributed by atoms with Crippen molar-refractivity contribution >= 4 is 43.9 Å². The van der Waals surface area contributed by atoms with Gasteiger partial charge in [0.2, 0.25) is 0 Å². The van der Waals surface area contributed by atoms with Gasteiger partial charge in [0.1, 0.15) is 22.3 Å². The number of furan rings is 2. The molecule has 0 saturated carbocycles. The number of hydrogen-bond donors (Lipinski definition) is 0. The molecule has 0 N–H and O–H groups in total. The second kappa shape index (κ2) is 13.0. The van der Waals surface area contributed by atoms with Crippen molar-refractivity contribution in [2.75, 3.05) is 0 Å². The van der Waals surface area contributed by atoms with E-state index in [-0.39, 0.29) is 0 Å². The predicted octanol–water partition coefficient (Wildman–Crippen LogP) is 13.7. The number of nitrogens with zero attached hydrogens (tertiary/aromatic N) is 3. The van der Waals surface area contributed by atoms with Crippen LogP contribution >= 0.6 is 0 Å². The summed E-state index contributed by atoms with van der Waals surface area (Å²) >= 11 is 0. The van der Waals surface area contributed by atoms with Crippen LogP contribution in [0.15, 0.2) is 197 Å². The molecule has 0 spiro atoms. The van der Waals surface area contributed by atoms with Crippen molar-refractivity contribution in [3.05, 3.63) is 188 Å². The van der Waals surface area contributed by atoms with E-state index in [9.17, 15) is 0 Å². The van der Waals surface area contributed by atoms with Crippen LogP contribution in [0.3, 0.4) is 0 Å². The maximum absolute atomic E-state index is 6.36. The molecular weight excluding hydrogens is 687 g/mol. The molecule has 11 aromatic rings. The first-order chi connectivity index (χ1) is 27.7. The third-order valence-electron chi connectivity index (χ3n) is 10.6. The number of hydrogen-bond acceptors (Lipinski definition) is 5. The van der Waals surface area contributed by atoms with Gasteiger partial charge < -0.3 is 8.83 Å². The Bertz CT molecular complexity index is 3120. The van der Waals surface area contributed by atoms with E-state index in [0.29, 0.717) is 5.82 Å². The molecule has 0 atom stereocenters. The Morgan fingerprint density at radius 2 is 0.857 bits per heavy atom. The van der Waals surface area contributed by atoms with Gasteiger partial charge in [0.25, 0.3) is 0 Å². The second-order valence-corrected chi connectivity index (χ2v) is 14.0. The van der Waals surface area contributed by atoms with Gasteiger partial charge in [-0.3, -0.25) is 4.98 Å². The van der Waals surface area contributed by atoms with Gasteiger partial charge in [-0.05, 0) is 94.5 Å². The number of aromatic nitrogens is 3. The summed E-state index contributed by atoms with van der Waals surface area (Å²) < 4.78 is 12.7. The highest BCUT2D eigenvalue weighted by molar-refractivity contribution is 6.07. The fraction of sp³-hybridized carbons (Fsp3) is 0. The summed E-state index contributed by atoms with van der Waals surface area (Å²) in [6.45, 7) is 0. The number of rotatable bonds is 6. The van der Waals surface area contributed by atoms with Gasteiger partial charge in [-0.15, -0.1) is 0 Å². The van der Waals surface area contributed by atoms with Gasteiger partial charge in [0, 0.05) is 56.2 Å². The monoisotopic (exact) mass is 717 g/mol. The molecule has 4 heterocycles. The minimum atomic E-state index is 0.625. The molecule has 5 heteroatoms. The summed E-state index contributed by atoms with van der Waals surface area (Å²) in [6.07, 6.45) is 3.69. The van der Waals surface area contributed by atoms with Gasteiger partial charge in [-0.1, -0.05) is 109 Å². The van der Waals surface area contributed by atoms with Gasteiger partial charge >= 0.3 is 0 Å². The molecule has 0 saturated heterocycles. The van der Waals surface area contributed by atoms with Crippen LogP contribution in [0.4, 0.5) is 0 Å². The Labute approximate surface area is 322 Å². The Hall–Kier alpha value is -7.63. The third-order valence-corrected chi connectivity index (χ3v) is 10.6. The van der Waals surface area contributed by atoms with Gasteiger partial charge in [0.05, 0.1) is 11.4 Å². The molecule has 7 aromatic carbocycles. The Kier molecular flexibility index (Phi) is 7.42. The topological polar surface area (TPSA) is 65.0 Å². The Morgan fingerprint density at radius 1 is 0.321 bits per heavy atom. The number of para-hydroxylation sites is 2. The standard InChI is InChI=1S/C51H31N3O2/c1-2-11-32(12-3-1)45-30-46(40-15-5-4-14-39(40)35-13-10-24-52-31-35)54-51(53-45)38-26-36(33-20-22-43-41-16-6-8-18-47(41)55-49(43)28-33)25-37(27-38)34-21-23-44-42-17-7-9-19-48(42)56-50(44)29-34/h1-31H. The molecule has 0 fully saturated rings. The molecule has 262 valence electrons. The maximum atomic E-state index is 6.36. The minimum Gasteiger partial charge on any atom is -0.456 e. The Balaban J connectivity index is 1.14. The van der Waals surface area contributed by atoms with Crippen molar-refractivity contribution in [3.8, 4) is 67.3 Å². The summed E-state index contributed by atoms with van der Waals surface area (Å²) in [7, 11) is 0. The summed E-state index contributed by atoms with van der Waals surface area (Å²) in [5, 5.41) is 4.39. The van der Waals surface area contributed by atoms with Crippen LogP contribution in [-0.4, -0.2) is 15.0 Å². The van der Waals surface area contributed by atoms with Crippen molar-refractivity contribution in [1.82, 2.24) is 15.0 Å². The average molecular weight is 718 g/mol. The van der Waals surface area contributed by atoms with E-state index in [1.165, 1.54) is 0 Å². The highest BCUT2D eigenvalue weighted by Gasteiger charge is 2.18. The van der Waals surface area contributed by atoms with E-state index in [1.807, 2.05) is 66.9 Å². The van der Waals surface area contributed by atoms with Crippen molar-refractivity contribution in [3.63, 3.8) is 0 Å². The molecule has 0 bridgehead atoms. The molecule has 56 heavy (non-hydrogen) atoms. The first kappa shape index (κ1) is 31.9. The summed E-state index contributed by atoms with van der Waals surface area (Å²) in [5.41, 5.74) is 14.2. The number of fused-ring (bicyclic) bond motifs is 6. The molecular formula is C51H31N3O2. The fourth-order valence-corrected chi connectivity index (χ4v) is 7.85. The lowest BCUT2D eigenvalue weighted by Crippen LogP contribution is -1.98. The van der Waals surface area contributed by atoms with Crippen LogP contribution < -0.4 is 0 Å². The third kappa shape index (κ3) is 5.53. The minimum absolute atomic E-state index is 0.625. The van der Waals surface area contributed by atoms with E-state index < -0.39 is 0 Å². The zero-order chi connectivity index (χ0) is 37.0. The van der Waals surface area contributed by atoms with E-state index in [4.69, 9.17) is 18.8 Å². The molecule has 0 amide bonds. The molecule has 0 unspecified atom stereocenters. The van der Waals surface area contributed by atoms with Gasteiger partial charge in [-0.2, -0.15) is 0 Å². The second-order valence-electron chi connectivity index (χ2n) is 14.0. The van der Waals surface area contributed by atoms with Crippen LogP contribution in [0.5, 0.6) is 0 Å². The highest BCUT2D eigenvalue weighted by Crippen LogP contribution is 2.39. The molecule has 0 aliphatic rings. The predicted molar refractivity (Wildman–Crippen MR) is 227 cm³/mol. The lowest BCUT2D eigenvalue weighted by molar-refractivity contribution is 0.668. The molecule has 11 rings (SSSR count). The quantitative estimate of drug-likeness (QED) is 0.171. The largest absolute Gasteiger partial charge is 0.456 e. The molecule has 0 aliphatic carbocycles. The SMILES string of the molecule is c1ccc(-c2cc(-c3ccccc3-c3cccnc3)nc(-c3cc(-c4ccc5c(c4)oc4ccccc45)cc(-c4ccc5c(c4)oc4ccccc45)c3)n2)cc1. The first-order valence-electron chi connectivity index (χ1n) is 18.6. The smallest absolute Gasteiger partial charge is 0.160 e. The molecule has 5 nitrogen and oxygen atoms in total. The van der Waals surface area contributed by atoms with Crippen LogP contribution in [0.1, 0.15) is 0 Å². The summed E-state index contributed by atoms with van der Waals surface area (Å²) in [4.78, 5) is 15.0. The normalized spacial score (nSPS) is 11.6. The van der Waals surface area contributed by atoms with Crippen molar-refractivity contribution in [1.29, 1.82) is 0 Å². The number of pyridine rings is 1. The lowest BCUT2D eigenvalue weighted by atomic mass is 9.94. The maximum Gasteiger partial charge on any atom is 0.160 e. The molecule has 0 aliphatic heterocycles. The summed E-state index contributed by atoms with van der Waals surface area (Å²) in [6, 6.07) is 60.7. The van der Waals surface area contributed by atoms with Crippen LogP contribution in [0, 0.1) is 0 Å².